The first-order valence-electron chi connectivity index (χ1n) is 4.71. The lowest BCUT2D eigenvalue weighted by molar-refractivity contribution is -0.137. The molecule has 0 aliphatic heterocycles. The Bertz CT molecular complexity index is 237. The van der Waals surface area contributed by atoms with Gasteiger partial charge in [-0.25, -0.2) is 0 Å². The molecule has 86 valence electrons. The molecular weight excluding hydrogens is 201 g/mol. The van der Waals surface area contributed by atoms with Gasteiger partial charge in [0.1, 0.15) is 0 Å². The zero-order chi connectivity index (χ0) is 12.3. The summed E-state index contributed by atoms with van der Waals surface area (Å²) in [6.07, 6.45) is -2.46. The summed E-state index contributed by atoms with van der Waals surface area (Å²) >= 11 is 0. The van der Waals surface area contributed by atoms with Crippen molar-refractivity contribution in [3.63, 3.8) is 0 Å². The quantitative estimate of drug-likeness (QED) is 0.542. The molecule has 0 spiro atoms. The van der Waals surface area contributed by atoms with E-state index in [1.807, 2.05) is 20.8 Å². The van der Waals surface area contributed by atoms with E-state index < -0.39 is 11.7 Å². The van der Waals surface area contributed by atoms with Gasteiger partial charge in [0.25, 0.3) is 0 Å². The molecule has 0 fully saturated rings. The van der Waals surface area contributed by atoms with Crippen molar-refractivity contribution in [2.75, 3.05) is 0 Å². The molecule has 0 N–H and O–H groups in total. The lowest BCUT2D eigenvalue weighted by Crippen LogP contribution is -2.03. The van der Waals surface area contributed by atoms with Crippen LogP contribution < -0.4 is 0 Å². The first-order chi connectivity index (χ1) is 7.02. The van der Waals surface area contributed by atoms with Crippen LogP contribution in [0.5, 0.6) is 0 Å². The largest absolute Gasteiger partial charge is 0.416 e. The Hall–Kier alpha value is -1.25. The second-order valence-electron chi connectivity index (χ2n) is 2.27. The Kier molecular flexibility index (Phi) is 10.0. The van der Waals surface area contributed by atoms with Crippen LogP contribution in [0.4, 0.5) is 13.2 Å². The molecule has 0 aromatic heterocycles. The summed E-state index contributed by atoms with van der Waals surface area (Å²) in [5.74, 6) is 0. The zero-order valence-electron chi connectivity index (χ0n) is 9.31. The van der Waals surface area contributed by atoms with E-state index in [4.69, 9.17) is 0 Å². The molecular formula is C12H17F3. The standard InChI is InChI=1S/C7H5F3.C3H6.C2H6/c8-7(9,10)6-4-2-1-3-5-6;1-3-2;1-2/h1-5H;3H,1H2,2H3;1-2H3. The fourth-order valence-electron chi connectivity index (χ4n) is 0.627. The van der Waals surface area contributed by atoms with Crippen LogP contribution in [-0.4, -0.2) is 0 Å². The fraction of sp³-hybridized carbons (Fsp3) is 0.333. The first kappa shape index (κ1) is 16.2. The molecule has 0 atom stereocenters. The monoisotopic (exact) mass is 218 g/mol. The van der Waals surface area contributed by atoms with Gasteiger partial charge in [-0.3, -0.25) is 0 Å². The van der Waals surface area contributed by atoms with Crippen molar-refractivity contribution in [1.82, 2.24) is 0 Å². The third kappa shape index (κ3) is 9.06. The van der Waals surface area contributed by atoms with Crippen LogP contribution >= 0.6 is 0 Å². The third-order valence-corrected chi connectivity index (χ3v) is 1.10. The molecule has 0 saturated carbocycles. The van der Waals surface area contributed by atoms with Crippen LogP contribution in [0.3, 0.4) is 0 Å². The minimum Gasteiger partial charge on any atom is -0.166 e. The Balaban J connectivity index is 0. The molecule has 0 aliphatic carbocycles. The minimum atomic E-state index is -4.21. The van der Waals surface area contributed by atoms with Gasteiger partial charge in [0.15, 0.2) is 0 Å². The number of rotatable bonds is 0. The van der Waals surface area contributed by atoms with Gasteiger partial charge in [0.05, 0.1) is 5.56 Å². The lowest BCUT2D eigenvalue weighted by atomic mass is 10.2. The topological polar surface area (TPSA) is 0 Å². The van der Waals surface area contributed by atoms with Gasteiger partial charge >= 0.3 is 6.18 Å². The van der Waals surface area contributed by atoms with Gasteiger partial charge in [-0.05, 0) is 6.92 Å². The van der Waals surface area contributed by atoms with Crippen molar-refractivity contribution >= 4 is 0 Å². The summed E-state index contributed by atoms with van der Waals surface area (Å²) in [6, 6.07) is 6.36. The molecule has 15 heavy (non-hydrogen) atoms. The van der Waals surface area contributed by atoms with Crippen molar-refractivity contribution in [2.45, 2.75) is 26.9 Å². The summed E-state index contributed by atoms with van der Waals surface area (Å²) in [4.78, 5) is 0. The Morgan fingerprint density at radius 3 is 1.60 bits per heavy atom. The molecule has 1 aromatic carbocycles. The summed E-state index contributed by atoms with van der Waals surface area (Å²) < 4.78 is 35.4. The number of benzene rings is 1. The smallest absolute Gasteiger partial charge is 0.166 e. The number of alkyl halides is 3. The van der Waals surface area contributed by atoms with Gasteiger partial charge in [0, 0.05) is 0 Å². The maximum absolute atomic E-state index is 11.8. The third-order valence-electron chi connectivity index (χ3n) is 1.10. The fourth-order valence-corrected chi connectivity index (χ4v) is 0.627. The molecule has 0 unspecified atom stereocenters. The Morgan fingerprint density at radius 1 is 1.07 bits per heavy atom. The molecule has 1 rings (SSSR count). The zero-order valence-corrected chi connectivity index (χ0v) is 9.31. The number of hydrogen-bond donors (Lipinski definition) is 0. The maximum Gasteiger partial charge on any atom is 0.416 e. The van der Waals surface area contributed by atoms with Crippen LogP contribution in [0.25, 0.3) is 0 Å². The van der Waals surface area contributed by atoms with E-state index >= 15 is 0 Å². The predicted octanol–water partition coefficient (Wildman–Crippen LogP) is 4.92. The van der Waals surface area contributed by atoms with E-state index in [9.17, 15) is 13.2 Å². The van der Waals surface area contributed by atoms with Crippen LogP contribution in [-0.2, 0) is 6.18 Å². The maximum atomic E-state index is 11.8. The van der Waals surface area contributed by atoms with E-state index in [-0.39, 0.29) is 0 Å². The van der Waals surface area contributed by atoms with Crippen molar-refractivity contribution < 1.29 is 13.2 Å². The van der Waals surface area contributed by atoms with Crippen molar-refractivity contribution in [3.8, 4) is 0 Å². The highest BCUT2D eigenvalue weighted by Gasteiger charge is 2.29. The van der Waals surface area contributed by atoms with Crippen molar-refractivity contribution in [3.05, 3.63) is 48.6 Å². The average molecular weight is 218 g/mol. The van der Waals surface area contributed by atoms with Gasteiger partial charge in [0.2, 0.25) is 0 Å². The highest BCUT2D eigenvalue weighted by molar-refractivity contribution is 5.17. The number of allylic oxidation sites excluding steroid dienone is 1. The highest BCUT2D eigenvalue weighted by atomic mass is 19.4. The lowest BCUT2D eigenvalue weighted by Gasteiger charge is -2.03. The number of halogens is 3. The molecule has 0 bridgehead atoms. The summed E-state index contributed by atoms with van der Waals surface area (Å²) in [5, 5.41) is 0. The predicted molar refractivity (Wildman–Crippen MR) is 58.7 cm³/mol. The van der Waals surface area contributed by atoms with Crippen LogP contribution in [0.15, 0.2) is 43.0 Å². The Morgan fingerprint density at radius 2 is 1.40 bits per heavy atom. The molecule has 0 saturated heterocycles. The molecule has 0 amide bonds. The normalized spacial score (nSPS) is 8.93. The molecule has 0 radical (unpaired) electrons. The van der Waals surface area contributed by atoms with Gasteiger partial charge in [-0.1, -0.05) is 50.3 Å². The van der Waals surface area contributed by atoms with Gasteiger partial charge in [-0.15, -0.1) is 6.58 Å². The first-order valence-corrected chi connectivity index (χ1v) is 4.71. The van der Waals surface area contributed by atoms with Crippen molar-refractivity contribution in [2.24, 2.45) is 0 Å². The molecule has 1 aromatic rings. The van der Waals surface area contributed by atoms with E-state index in [1.54, 1.807) is 12.1 Å². The summed E-state index contributed by atoms with van der Waals surface area (Å²) in [5.41, 5.74) is -0.602. The molecule has 0 aliphatic rings. The summed E-state index contributed by atoms with van der Waals surface area (Å²) in [6.45, 7) is 9.25. The molecule has 3 heteroatoms. The van der Waals surface area contributed by atoms with E-state index in [1.165, 1.54) is 12.1 Å². The minimum absolute atomic E-state index is 0.602. The Labute approximate surface area is 89.4 Å². The van der Waals surface area contributed by atoms with Gasteiger partial charge < -0.3 is 0 Å². The molecule has 0 nitrogen and oxygen atoms in total. The van der Waals surface area contributed by atoms with Gasteiger partial charge in [-0.2, -0.15) is 13.2 Å². The van der Waals surface area contributed by atoms with E-state index in [0.29, 0.717) is 0 Å². The van der Waals surface area contributed by atoms with Crippen LogP contribution in [0.2, 0.25) is 0 Å². The second kappa shape index (κ2) is 9.31. The number of hydrogen-bond acceptors (Lipinski definition) is 0. The average Bonchev–Trinajstić information content (AvgIpc) is 2.22. The highest BCUT2D eigenvalue weighted by Crippen LogP contribution is 2.28. The van der Waals surface area contributed by atoms with E-state index in [2.05, 4.69) is 6.58 Å². The van der Waals surface area contributed by atoms with Crippen LogP contribution in [0.1, 0.15) is 26.3 Å². The molecule has 0 heterocycles. The summed E-state index contributed by atoms with van der Waals surface area (Å²) in [7, 11) is 0. The van der Waals surface area contributed by atoms with Crippen molar-refractivity contribution in [1.29, 1.82) is 0 Å². The second-order valence-corrected chi connectivity index (χ2v) is 2.27. The SMILES string of the molecule is C=CC.CC.FC(F)(F)c1ccccc1. The van der Waals surface area contributed by atoms with E-state index in [0.717, 1.165) is 12.1 Å². The van der Waals surface area contributed by atoms with Crippen LogP contribution in [0, 0.1) is 0 Å².